The Labute approximate surface area is 100 Å². The second-order valence-corrected chi connectivity index (χ2v) is 4.97. The van der Waals surface area contributed by atoms with Crippen LogP contribution in [0.4, 0.5) is 0 Å². The zero-order chi connectivity index (χ0) is 12.0. The SMILES string of the molecule is CC1=C[C@@H]2C(=O)C(=O)[C@@H]1C[C@H]2c1ccccc1. The number of carbonyl (C=O) groups excluding carboxylic acids is 2. The topological polar surface area (TPSA) is 34.1 Å². The molecule has 0 unspecified atom stereocenters. The Hall–Kier alpha value is -1.70. The standard InChI is InChI=1S/C15H14O2/c1-9-7-13-12(10-5-3-2-4-6-10)8-11(9)14(16)15(13)17/h2-7,11-13H,8H2,1H3/t11-,12+,13+/m1/s1. The first-order valence-electron chi connectivity index (χ1n) is 6.00. The maximum Gasteiger partial charge on any atom is 0.206 e. The highest BCUT2D eigenvalue weighted by Gasteiger charge is 2.46. The van der Waals surface area contributed by atoms with Crippen LogP contribution in [0.3, 0.4) is 0 Å². The van der Waals surface area contributed by atoms with Crippen molar-refractivity contribution in [3.63, 3.8) is 0 Å². The quantitative estimate of drug-likeness (QED) is 0.544. The van der Waals surface area contributed by atoms with Gasteiger partial charge in [0.15, 0.2) is 0 Å². The molecule has 1 aromatic carbocycles. The molecule has 3 aliphatic carbocycles. The van der Waals surface area contributed by atoms with Crippen molar-refractivity contribution >= 4 is 11.6 Å². The first-order valence-corrected chi connectivity index (χ1v) is 6.00. The van der Waals surface area contributed by atoms with Gasteiger partial charge in [-0.05, 0) is 24.8 Å². The van der Waals surface area contributed by atoms with Gasteiger partial charge in [0.2, 0.25) is 11.6 Å². The monoisotopic (exact) mass is 226 g/mol. The van der Waals surface area contributed by atoms with Gasteiger partial charge >= 0.3 is 0 Å². The summed E-state index contributed by atoms with van der Waals surface area (Å²) in [5, 5.41) is 0. The molecule has 0 radical (unpaired) electrons. The third kappa shape index (κ3) is 1.47. The zero-order valence-electron chi connectivity index (χ0n) is 9.72. The molecule has 0 aliphatic heterocycles. The van der Waals surface area contributed by atoms with Gasteiger partial charge in [0.05, 0.1) is 5.92 Å². The maximum atomic E-state index is 11.9. The smallest absolute Gasteiger partial charge is 0.206 e. The van der Waals surface area contributed by atoms with Gasteiger partial charge in [0, 0.05) is 5.92 Å². The molecule has 2 heteroatoms. The molecule has 0 amide bonds. The average molecular weight is 226 g/mol. The molecule has 1 aromatic rings. The predicted molar refractivity (Wildman–Crippen MR) is 64.6 cm³/mol. The van der Waals surface area contributed by atoms with Gasteiger partial charge in [-0.15, -0.1) is 0 Å². The van der Waals surface area contributed by atoms with Crippen LogP contribution in [0.15, 0.2) is 42.0 Å². The number of hydrogen-bond acceptors (Lipinski definition) is 2. The molecule has 1 saturated carbocycles. The molecular weight excluding hydrogens is 212 g/mol. The van der Waals surface area contributed by atoms with Crippen molar-refractivity contribution in [1.82, 2.24) is 0 Å². The van der Waals surface area contributed by atoms with E-state index in [4.69, 9.17) is 0 Å². The van der Waals surface area contributed by atoms with Crippen molar-refractivity contribution in [3.05, 3.63) is 47.5 Å². The lowest BCUT2D eigenvalue weighted by atomic mass is 9.63. The molecule has 0 N–H and O–H groups in total. The highest BCUT2D eigenvalue weighted by molar-refractivity contribution is 6.41. The van der Waals surface area contributed by atoms with E-state index in [0.717, 1.165) is 12.0 Å². The summed E-state index contributed by atoms with van der Waals surface area (Å²) in [5.41, 5.74) is 2.25. The number of benzene rings is 1. The van der Waals surface area contributed by atoms with Crippen LogP contribution in [-0.2, 0) is 9.59 Å². The second-order valence-electron chi connectivity index (χ2n) is 4.97. The fourth-order valence-corrected chi connectivity index (χ4v) is 3.05. The highest BCUT2D eigenvalue weighted by atomic mass is 16.2. The van der Waals surface area contributed by atoms with E-state index >= 15 is 0 Å². The number of fused-ring (bicyclic) bond motifs is 2. The van der Waals surface area contributed by atoms with Crippen molar-refractivity contribution in [2.75, 3.05) is 0 Å². The van der Waals surface area contributed by atoms with Gasteiger partial charge in [-0.2, -0.15) is 0 Å². The average Bonchev–Trinajstić information content (AvgIpc) is 2.36. The van der Waals surface area contributed by atoms with Crippen LogP contribution in [0.25, 0.3) is 0 Å². The Kier molecular flexibility index (Phi) is 2.25. The molecule has 3 aliphatic rings. The molecule has 0 spiro atoms. The van der Waals surface area contributed by atoms with Gasteiger partial charge in [-0.1, -0.05) is 42.0 Å². The molecule has 2 bridgehead atoms. The third-order valence-corrected chi connectivity index (χ3v) is 4.01. The molecule has 1 fully saturated rings. The van der Waals surface area contributed by atoms with E-state index in [1.807, 2.05) is 43.3 Å². The summed E-state index contributed by atoms with van der Waals surface area (Å²) in [6.07, 6.45) is 2.79. The molecule has 17 heavy (non-hydrogen) atoms. The number of rotatable bonds is 1. The summed E-state index contributed by atoms with van der Waals surface area (Å²) in [6, 6.07) is 10.0. The van der Waals surface area contributed by atoms with E-state index in [1.54, 1.807) is 0 Å². The molecule has 0 aromatic heterocycles. The first kappa shape index (κ1) is 10.5. The molecule has 4 rings (SSSR count). The Morgan fingerprint density at radius 2 is 1.76 bits per heavy atom. The van der Waals surface area contributed by atoms with E-state index in [0.29, 0.717) is 0 Å². The van der Waals surface area contributed by atoms with Crippen molar-refractivity contribution in [2.24, 2.45) is 11.8 Å². The minimum absolute atomic E-state index is 0.169. The molecular formula is C15H14O2. The van der Waals surface area contributed by atoms with Crippen LogP contribution in [0.1, 0.15) is 24.8 Å². The minimum atomic E-state index is -0.227. The van der Waals surface area contributed by atoms with Gasteiger partial charge in [0.25, 0.3) is 0 Å². The predicted octanol–water partition coefficient (Wildman–Crippen LogP) is 2.50. The zero-order valence-corrected chi connectivity index (χ0v) is 9.72. The maximum absolute atomic E-state index is 11.9. The minimum Gasteiger partial charge on any atom is -0.290 e. The van der Waals surface area contributed by atoms with Crippen LogP contribution < -0.4 is 0 Å². The number of allylic oxidation sites excluding steroid dienone is 2. The Morgan fingerprint density at radius 3 is 2.47 bits per heavy atom. The van der Waals surface area contributed by atoms with Gasteiger partial charge in [-0.25, -0.2) is 0 Å². The Balaban J connectivity index is 2.03. The van der Waals surface area contributed by atoms with Crippen LogP contribution >= 0.6 is 0 Å². The van der Waals surface area contributed by atoms with Crippen LogP contribution in [-0.4, -0.2) is 11.6 Å². The van der Waals surface area contributed by atoms with Crippen molar-refractivity contribution in [2.45, 2.75) is 19.3 Å². The second kappa shape index (κ2) is 3.66. The van der Waals surface area contributed by atoms with Crippen LogP contribution in [0.2, 0.25) is 0 Å². The van der Waals surface area contributed by atoms with Gasteiger partial charge in [0.1, 0.15) is 0 Å². The Morgan fingerprint density at radius 1 is 1.06 bits per heavy atom. The molecule has 3 atom stereocenters. The summed E-state index contributed by atoms with van der Waals surface area (Å²) in [4.78, 5) is 23.7. The normalized spacial score (nSPS) is 31.6. The van der Waals surface area contributed by atoms with Crippen molar-refractivity contribution in [3.8, 4) is 0 Å². The van der Waals surface area contributed by atoms with Crippen molar-refractivity contribution in [1.29, 1.82) is 0 Å². The fraction of sp³-hybridized carbons (Fsp3) is 0.333. The molecule has 0 heterocycles. The lowest BCUT2D eigenvalue weighted by Gasteiger charge is -2.38. The number of carbonyl (C=O) groups is 2. The number of Topliss-reactive ketones (excluding diaryl/α,β-unsaturated/α-hetero) is 2. The summed E-state index contributed by atoms with van der Waals surface area (Å²) < 4.78 is 0. The summed E-state index contributed by atoms with van der Waals surface area (Å²) in [5.74, 6) is -0.578. The van der Waals surface area contributed by atoms with Gasteiger partial charge in [-0.3, -0.25) is 9.59 Å². The molecule has 2 nitrogen and oxygen atoms in total. The molecule has 0 saturated heterocycles. The van der Waals surface area contributed by atoms with E-state index in [1.165, 1.54) is 5.56 Å². The summed E-state index contributed by atoms with van der Waals surface area (Å²) in [6.45, 7) is 1.96. The van der Waals surface area contributed by atoms with E-state index in [-0.39, 0.29) is 29.3 Å². The summed E-state index contributed by atoms with van der Waals surface area (Å²) in [7, 11) is 0. The van der Waals surface area contributed by atoms with E-state index in [2.05, 4.69) is 0 Å². The lowest BCUT2D eigenvalue weighted by Crippen LogP contribution is -2.43. The number of ketones is 2. The number of hydrogen-bond donors (Lipinski definition) is 0. The van der Waals surface area contributed by atoms with Gasteiger partial charge < -0.3 is 0 Å². The first-order chi connectivity index (χ1) is 8.18. The fourth-order valence-electron chi connectivity index (χ4n) is 3.05. The Bertz CT molecular complexity index is 513. The largest absolute Gasteiger partial charge is 0.290 e. The van der Waals surface area contributed by atoms with E-state index < -0.39 is 0 Å². The highest BCUT2D eigenvalue weighted by Crippen LogP contribution is 2.45. The van der Waals surface area contributed by atoms with E-state index in [9.17, 15) is 9.59 Å². The van der Waals surface area contributed by atoms with Crippen molar-refractivity contribution < 1.29 is 9.59 Å². The lowest BCUT2D eigenvalue weighted by molar-refractivity contribution is -0.143. The van der Waals surface area contributed by atoms with Crippen LogP contribution in [0.5, 0.6) is 0 Å². The van der Waals surface area contributed by atoms with Crippen LogP contribution in [0, 0.1) is 11.8 Å². The third-order valence-electron chi connectivity index (χ3n) is 4.01. The summed E-state index contributed by atoms with van der Waals surface area (Å²) >= 11 is 0. The molecule has 86 valence electrons.